The van der Waals surface area contributed by atoms with Crippen LogP contribution in [0.25, 0.3) is 10.4 Å². The molecule has 1 aliphatic rings. The van der Waals surface area contributed by atoms with Crippen molar-refractivity contribution in [2.75, 3.05) is 20.2 Å². The fourth-order valence-corrected chi connectivity index (χ4v) is 3.88. The number of aliphatic hydroxyl groups excluding tert-OH is 1. The first kappa shape index (κ1) is 13.3. The largest absolute Gasteiger partial charge is 0.395 e. The summed E-state index contributed by atoms with van der Waals surface area (Å²) >= 11 is 1.57. The van der Waals surface area contributed by atoms with E-state index in [1.54, 1.807) is 23.3 Å². The minimum Gasteiger partial charge on any atom is -0.395 e. The lowest BCUT2D eigenvalue weighted by molar-refractivity contribution is 0.0771. The molecule has 1 amide bonds. The molecule has 4 heteroatoms. The number of thiophene rings is 1. The Morgan fingerprint density at radius 1 is 1.30 bits per heavy atom. The number of hydrogen-bond acceptors (Lipinski definition) is 3. The minimum absolute atomic E-state index is 0.00377. The number of carbonyl (C=O) groups excluding carboxylic acids is 1. The number of likely N-dealkylation sites (N-methyl/N-ethyl adjacent to an activating group) is 1. The summed E-state index contributed by atoms with van der Waals surface area (Å²) in [5, 5.41) is 8.93. The van der Waals surface area contributed by atoms with Gasteiger partial charge in [0, 0.05) is 18.5 Å². The molecule has 0 saturated heterocycles. The van der Waals surface area contributed by atoms with E-state index < -0.39 is 0 Å². The van der Waals surface area contributed by atoms with Crippen LogP contribution in [0.4, 0.5) is 0 Å². The molecule has 1 N–H and O–H groups in total. The van der Waals surface area contributed by atoms with E-state index in [1.165, 1.54) is 21.6 Å². The van der Waals surface area contributed by atoms with Crippen LogP contribution in [-0.4, -0.2) is 36.1 Å². The number of carbonyl (C=O) groups is 1. The Morgan fingerprint density at radius 2 is 2.05 bits per heavy atom. The van der Waals surface area contributed by atoms with Crippen molar-refractivity contribution in [1.29, 1.82) is 0 Å². The Labute approximate surface area is 122 Å². The molecular formula is C16H17NO2S. The molecule has 1 aromatic carbocycles. The molecule has 3 nitrogen and oxygen atoms in total. The van der Waals surface area contributed by atoms with Gasteiger partial charge in [0.25, 0.3) is 5.91 Å². The third-order valence-corrected chi connectivity index (χ3v) is 4.93. The zero-order valence-electron chi connectivity index (χ0n) is 11.4. The van der Waals surface area contributed by atoms with Gasteiger partial charge in [-0.1, -0.05) is 24.3 Å². The van der Waals surface area contributed by atoms with Gasteiger partial charge in [-0.05, 0) is 35.6 Å². The van der Waals surface area contributed by atoms with Crippen LogP contribution in [-0.2, 0) is 12.8 Å². The fourth-order valence-electron chi connectivity index (χ4n) is 2.62. The molecule has 104 valence electrons. The topological polar surface area (TPSA) is 40.5 Å². The van der Waals surface area contributed by atoms with Crippen molar-refractivity contribution in [1.82, 2.24) is 4.90 Å². The van der Waals surface area contributed by atoms with E-state index in [9.17, 15) is 4.79 Å². The molecule has 0 bridgehead atoms. The highest BCUT2D eigenvalue weighted by atomic mass is 32.1. The van der Waals surface area contributed by atoms with E-state index in [0.717, 1.165) is 17.7 Å². The number of rotatable bonds is 3. The maximum Gasteiger partial charge on any atom is 0.263 e. The Morgan fingerprint density at radius 3 is 2.85 bits per heavy atom. The summed E-state index contributed by atoms with van der Waals surface area (Å²) in [4.78, 5) is 15.9. The molecular weight excluding hydrogens is 270 g/mol. The highest BCUT2D eigenvalue weighted by Crippen LogP contribution is 2.39. The third kappa shape index (κ3) is 2.25. The molecule has 0 fully saturated rings. The molecule has 0 atom stereocenters. The maximum atomic E-state index is 12.3. The van der Waals surface area contributed by atoms with Gasteiger partial charge in [0.1, 0.15) is 0 Å². The standard InChI is InChI=1S/C16H17NO2S/c1-17(8-9-18)16(19)14-10-12-7-6-11-4-2-3-5-13(11)15(12)20-14/h2-5,10,18H,6-9H2,1H3. The molecule has 0 spiro atoms. The number of amides is 1. The highest BCUT2D eigenvalue weighted by Gasteiger charge is 2.22. The Hall–Kier alpha value is -1.65. The lowest BCUT2D eigenvalue weighted by Crippen LogP contribution is -2.28. The Kier molecular flexibility index (Phi) is 3.59. The number of aliphatic hydroxyl groups is 1. The van der Waals surface area contributed by atoms with Gasteiger partial charge < -0.3 is 10.0 Å². The van der Waals surface area contributed by atoms with Crippen LogP contribution in [0.1, 0.15) is 20.8 Å². The SMILES string of the molecule is CN(CCO)C(=O)c1cc2c(s1)-c1ccccc1CC2. The fraction of sp³-hybridized carbons (Fsp3) is 0.312. The second-order valence-electron chi connectivity index (χ2n) is 5.07. The molecule has 0 radical (unpaired) electrons. The number of nitrogens with zero attached hydrogens (tertiary/aromatic N) is 1. The van der Waals surface area contributed by atoms with Crippen LogP contribution in [0.15, 0.2) is 30.3 Å². The monoisotopic (exact) mass is 287 g/mol. The van der Waals surface area contributed by atoms with Crippen molar-refractivity contribution in [3.8, 4) is 10.4 Å². The predicted molar refractivity (Wildman–Crippen MR) is 81.2 cm³/mol. The Balaban J connectivity index is 1.96. The maximum absolute atomic E-state index is 12.3. The first-order valence-electron chi connectivity index (χ1n) is 6.78. The van der Waals surface area contributed by atoms with E-state index in [2.05, 4.69) is 18.2 Å². The van der Waals surface area contributed by atoms with Crippen molar-refractivity contribution < 1.29 is 9.90 Å². The second kappa shape index (κ2) is 5.38. The summed E-state index contributed by atoms with van der Waals surface area (Å²) in [5.74, 6) is -0.00377. The predicted octanol–water partition coefficient (Wildman–Crippen LogP) is 2.58. The van der Waals surface area contributed by atoms with Gasteiger partial charge in [-0.2, -0.15) is 0 Å². The van der Waals surface area contributed by atoms with E-state index in [1.807, 2.05) is 12.1 Å². The number of aryl methyl sites for hydroxylation is 2. The normalized spacial score (nSPS) is 12.7. The molecule has 1 heterocycles. The van der Waals surface area contributed by atoms with Crippen molar-refractivity contribution in [3.63, 3.8) is 0 Å². The van der Waals surface area contributed by atoms with Crippen LogP contribution < -0.4 is 0 Å². The van der Waals surface area contributed by atoms with Gasteiger partial charge in [-0.15, -0.1) is 11.3 Å². The van der Waals surface area contributed by atoms with E-state index in [-0.39, 0.29) is 12.5 Å². The first-order chi connectivity index (χ1) is 9.70. The van der Waals surface area contributed by atoms with Crippen molar-refractivity contribution >= 4 is 17.2 Å². The van der Waals surface area contributed by atoms with Crippen LogP contribution in [0, 0.1) is 0 Å². The third-order valence-electron chi connectivity index (χ3n) is 3.73. The molecule has 1 aliphatic carbocycles. The summed E-state index contributed by atoms with van der Waals surface area (Å²) in [6, 6.07) is 10.4. The number of fused-ring (bicyclic) bond motifs is 3. The van der Waals surface area contributed by atoms with Crippen LogP contribution in [0.3, 0.4) is 0 Å². The smallest absolute Gasteiger partial charge is 0.263 e. The van der Waals surface area contributed by atoms with Gasteiger partial charge in [-0.3, -0.25) is 4.79 Å². The van der Waals surface area contributed by atoms with Gasteiger partial charge in [0.2, 0.25) is 0 Å². The average molecular weight is 287 g/mol. The first-order valence-corrected chi connectivity index (χ1v) is 7.59. The van der Waals surface area contributed by atoms with Crippen LogP contribution in [0.2, 0.25) is 0 Å². The Bertz CT molecular complexity index is 648. The number of benzene rings is 1. The highest BCUT2D eigenvalue weighted by molar-refractivity contribution is 7.17. The molecule has 3 rings (SSSR count). The van der Waals surface area contributed by atoms with E-state index in [4.69, 9.17) is 5.11 Å². The van der Waals surface area contributed by atoms with Crippen molar-refractivity contribution in [3.05, 3.63) is 46.3 Å². The molecule has 0 saturated carbocycles. The summed E-state index contributed by atoms with van der Waals surface area (Å²) in [6.45, 7) is 0.369. The van der Waals surface area contributed by atoms with Gasteiger partial charge in [-0.25, -0.2) is 0 Å². The zero-order valence-corrected chi connectivity index (χ0v) is 12.2. The summed E-state index contributed by atoms with van der Waals surface area (Å²) in [7, 11) is 1.73. The molecule has 0 unspecified atom stereocenters. The van der Waals surface area contributed by atoms with Crippen molar-refractivity contribution in [2.24, 2.45) is 0 Å². The summed E-state index contributed by atoms with van der Waals surface area (Å²) in [5.41, 5.74) is 3.90. The van der Waals surface area contributed by atoms with Gasteiger partial charge in [0.15, 0.2) is 0 Å². The van der Waals surface area contributed by atoms with Crippen LogP contribution in [0.5, 0.6) is 0 Å². The van der Waals surface area contributed by atoms with Crippen LogP contribution >= 0.6 is 11.3 Å². The second-order valence-corrected chi connectivity index (χ2v) is 6.12. The number of hydrogen-bond donors (Lipinski definition) is 1. The summed E-state index contributed by atoms with van der Waals surface area (Å²) in [6.07, 6.45) is 2.04. The lowest BCUT2D eigenvalue weighted by atomic mass is 9.91. The molecule has 20 heavy (non-hydrogen) atoms. The molecule has 2 aromatic rings. The van der Waals surface area contributed by atoms with E-state index in [0.29, 0.717) is 6.54 Å². The quantitative estimate of drug-likeness (QED) is 0.942. The van der Waals surface area contributed by atoms with E-state index >= 15 is 0 Å². The van der Waals surface area contributed by atoms with Crippen molar-refractivity contribution in [2.45, 2.75) is 12.8 Å². The molecule has 1 aromatic heterocycles. The molecule has 0 aliphatic heterocycles. The summed E-state index contributed by atoms with van der Waals surface area (Å²) < 4.78 is 0. The van der Waals surface area contributed by atoms with Gasteiger partial charge >= 0.3 is 0 Å². The zero-order chi connectivity index (χ0) is 14.1. The minimum atomic E-state index is -0.00381. The average Bonchev–Trinajstić information content (AvgIpc) is 2.91. The van der Waals surface area contributed by atoms with Gasteiger partial charge in [0.05, 0.1) is 11.5 Å². The lowest BCUT2D eigenvalue weighted by Gasteiger charge is -2.15.